The summed E-state index contributed by atoms with van der Waals surface area (Å²) in [7, 11) is 5.69. The van der Waals surface area contributed by atoms with Gasteiger partial charge in [0.05, 0.1) is 13.6 Å². The molecule has 0 heterocycles. The van der Waals surface area contributed by atoms with Crippen molar-refractivity contribution in [2.75, 3.05) is 60.4 Å². The van der Waals surface area contributed by atoms with Crippen LogP contribution in [0.2, 0.25) is 0 Å². The van der Waals surface area contributed by atoms with Crippen molar-refractivity contribution in [3.8, 4) is 0 Å². The maximum absolute atomic E-state index is 12.6. The molecule has 30 heavy (non-hydrogen) atoms. The Kier molecular flexibility index (Phi) is 15.0. The van der Waals surface area contributed by atoms with Crippen LogP contribution in [0.15, 0.2) is 0 Å². The topological polar surface area (TPSA) is 125 Å². The maximum atomic E-state index is 12.6. The van der Waals surface area contributed by atoms with Crippen molar-refractivity contribution in [1.29, 1.82) is 0 Å². The van der Waals surface area contributed by atoms with Gasteiger partial charge in [-0.15, -0.1) is 5.01 Å². The second-order valence-corrected chi connectivity index (χ2v) is 8.50. The molecule has 0 aliphatic rings. The molecule has 2 amide bonds. The number of nitrogens with zero attached hydrogens (tertiary/aromatic N) is 3. The van der Waals surface area contributed by atoms with Gasteiger partial charge in [0.1, 0.15) is 11.3 Å². The summed E-state index contributed by atoms with van der Waals surface area (Å²) in [6.07, 6.45) is 1.87. The highest BCUT2D eigenvalue weighted by molar-refractivity contribution is 5.88. The molecule has 0 aromatic heterocycles. The van der Waals surface area contributed by atoms with E-state index in [4.69, 9.17) is 5.73 Å². The van der Waals surface area contributed by atoms with Gasteiger partial charge in [0.25, 0.3) is 0 Å². The van der Waals surface area contributed by atoms with Gasteiger partial charge in [0, 0.05) is 50.1 Å². The third-order valence-corrected chi connectivity index (χ3v) is 5.04. The van der Waals surface area contributed by atoms with Crippen molar-refractivity contribution >= 4 is 11.8 Å². The number of amides is 2. The first-order valence-corrected chi connectivity index (χ1v) is 10.9. The van der Waals surface area contributed by atoms with Crippen molar-refractivity contribution in [2.45, 2.75) is 52.1 Å². The summed E-state index contributed by atoms with van der Waals surface area (Å²) >= 11 is 0. The van der Waals surface area contributed by atoms with E-state index in [1.165, 1.54) is 5.01 Å². The number of carbonyl (C=O) groups excluding carboxylic acids is 2. The van der Waals surface area contributed by atoms with Gasteiger partial charge < -0.3 is 26.2 Å². The quantitative estimate of drug-likeness (QED) is 0.203. The van der Waals surface area contributed by atoms with Crippen LogP contribution in [-0.4, -0.2) is 99.1 Å². The number of nitroso groups, excluding NO2 is 1. The molecule has 0 fully saturated rings. The third-order valence-electron chi connectivity index (χ3n) is 5.04. The van der Waals surface area contributed by atoms with Gasteiger partial charge in [-0.1, -0.05) is 13.8 Å². The van der Waals surface area contributed by atoms with Gasteiger partial charge in [-0.05, 0) is 39.8 Å². The molecule has 0 aromatic rings. The number of nitrogens with two attached hydrogens (primary N) is 1. The number of hydrogen-bond donors (Lipinski definition) is 4. The lowest BCUT2D eigenvalue weighted by atomic mass is 10.0. The Morgan fingerprint density at radius 2 is 1.53 bits per heavy atom. The summed E-state index contributed by atoms with van der Waals surface area (Å²) in [6.45, 7) is 10.2. The van der Waals surface area contributed by atoms with Crippen LogP contribution >= 0.6 is 0 Å². The monoisotopic (exact) mass is 430 g/mol. The van der Waals surface area contributed by atoms with E-state index in [0.29, 0.717) is 26.1 Å². The van der Waals surface area contributed by atoms with E-state index in [-0.39, 0.29) is 23.8 Å². The zero-order valence-electron chi connectivity index (χ0n) is 19.7. The van der Waals surface area contributed by atoms with Crippen LogP contribution < -0.4 is 21.7 Å². The van der Waals surface area contributed by atoms with E-state index in [1.807, 2.05) is 40.2 Å². The van der Waals surface area contributed by atoms with E-state index in [9.17, 15) is 14.5 Å². The van der Waals surface area contributed by atoms with Crippen LogP contribution in [0.1, 0.15) is 40.0 Å². The van der Waals surface area contributed by atoms with E-state index in [1.54, 1.807) is 7.05 Å². The average molecular weight is 431 g/mol. The number of likely N-dealkylation sites (N-methyl/N-ethyl adjacent to an activating group) is 2. The molecule has 0 aliphatic carbocycles. The van der Waals surface area contributed by atoms with Gasteiger partial charge in [-0.3, -0.25) is 9.59 Å². The number of nitrogens with one attached hydrogen (secondary N) is 3. The highest BCUT2D eigenvalue weighted by atomic mass is 16.3. The lowest BCUT2D eigenvalue weighted by Crippen LogP contribution is -2.76. The highest BCUT2D eigenvalue weighted by Gasteiger charge is 2.25. The fourth-order valence-corrected chi connectivity index (χ4v) is 2.94. The van der Waals surface area contributed by atoms with Gasteiger partial charge in [-0.2, -0.15) is 0 Å². The van der Waals surface area contributed by atoms with Crippen molar-refractivity contribution in [1.82, 2.24) is 25.4 Å². The molecule has 10 heteroatoms. The molecule has 0 bridgehead atoms. The first-order valence-electron chi connectivity index (χ1n) is 10.9. The largest absolute Gasteiger partial charge is 0.352 e. The van der Waals surface area contributed by atoms with Crippen molar-refractivity contribution in [3.63, 3.8) is 0 Å². The van der Waals surface area contributed by atoms with E-state index >= 15 is 0 Å². The summed E-state index contributed by atoms with van der Waals surface area (Å²) in [5, 5.41) is 9.12. The molecule has 0 radical (unpaired) electrons. The molecule has 0 aromatic carbocycles. The first-order chi connectivity index (χ1) is 14.1. The van der Waals surface area contributed by atoms with Crippen molar-refractivity contribution < 1.29 is 14.9 Å². The zero-order chi connectivity index (χ0) is 23.1. The van der Waals surface area contributed by atoms with Crippen LogP contribution in [0.5, 0.6) is 0 Å². The van der Waals surface area contributed by atoms with Crippen LogP contribution in [0.25, 0.3) is 0 Å². The predicted octanol–water partition coefficient (Wildman–Crippen LogP) is -1.68. The van der Waals surface area contributed by atoms with E-state index in [2.05, 4.69) is 20.4 Å². The minimum absolute atomic E-state index is 0.0143. The lowest BCUT2D eigenvalue weighted by molar-refractivity contribution is -0.657. The molecule has 0 rings (SSSR count). The molecule has 0 saturated heterocycles. The van der Waals surface area contributed by atoms with E-state index < -0.39 is 6.04 Å². The normalized spacial score (nSPS) is 13.4. The van der Waals surface area contributed by atoms with Crippen LogP contribution in [0.4, 0.5) is 0 Å². The molecule has 0 saturated carbocycles. The fraction of sp³-hybridized carbons (Fsp3) is 0.900. The van der Waals surface area contributed by atoms with E-state index in [0.717, 1.165) is 32.5 Å². The summed E-state index contributed by atoms with van der Waals surface area (Å²) in [5.74, 6) is -0.306. The van der Waals surface area contributed by atoms with Gasteiger partial charge in [0.15, 0.2) is 0 Å². The molecule has 2 unspecified atom stereocenters. The Morgan fingerprint density at radius 1 is 0.933 bits per heavy atom. The molecule has 176 valence electrons. The second-order valence-electron chi connectivity index (χ2n) is 8.50. The molecule has 10 nitrogen and oxygen atoms in total. The SMILES string of the molecule is CC(CCCN(C)[NH+]=O)NC(=O)C(NC(=O)CCN(C)CCN(C)CCN)C(C)C. The van der Waals surface area contributed by atoms with Crippen molar-refractivity contribution in [2.24, 2.45) is 11.7 Å². The minimum Gasteiger partial charge on any atom is -0.352 e. The molecule has 5 N–H and O–H groups in total. The smallest absolute Gasteiger partial charge is 0.243 e. The molecule has 2 atom stereocenters. The van der Waals surface area contributed by atoms with Crippen molar-refractivity contribution in [3.05, 3.63) is 4.91 Å². The molecular formula is C20H44N7O3+. The number of hydrogen-bond acceptors (Lipinski definition) is 6. The predicted molar refractivity (Wildman–Crippen MR) is 119 cm³/mol. The van der Waals surface area contributed by atoms with Gasteiger partial charge >= 0.3 is 0 Å². The Labute approximate surface area is 181 Å². The lowest BCUT2D eigenvalue weighted by Gasteiger charge is -2.25. The van der Waals surface area contributed by atoms with Crippen LogP contribution in [-0.2, 0) is 9.59 Å². The number of carbonyl (C=O) groups is 2. The van der Waals surface area contributed by atoms with Crippen LogP contribution in [0.3, 0.4) is 0 Å². The Bertz CT molecular complexity index is 505. The second kappa shape index (κ2) is 16.0. The Balaban J connectivity index is 4.37. The first kappa shape index (κ1) is 28.2. The number of hydrazine groups is 1. The Morgan fingerprint density at radius 3 is 2.07 bits per heavy atom. The van der Waals surface area contributed by atoms with Gasteiger partial charge in [0.2, 0.25) is 11.8 Å². The van der Waals surface area contributed by atoms with Crippen LogP contribution in [0, 0.1) is 10.8 Å². The summed E-state index contributed by atoms with van der Waals surface area (Å²) < 4.78 is 0. The molecule has 0 aliphatic heterocycles. The highest BCUT2D eigenvalue weighted by Crippen LogP contribution is 2.05. The number of rotatable bonds is 17. The summed E-state index contributed by atoms with van der Waals surface area (Å²) in [5.41, 5.74) is 5.54. The maximum Gasteiger partial charge on any atom is 0.243 e. The minimum atomic E-state index is -0.563. The average Bonchev–Trinajstić information content (AvgIpc) is 2.68. The Hall–Kier alpha value is -1.78. The van der Waals surface area contributed by atoms with Gasteiger partial charge in [-0.25, -0.2) is 0 Å². The third kappa shape index (κ3) is 13.4. The fourth-order valence-electron chi connectivity index (χ4n) is 2.94. The standard InChI is InChI=1S/C20H43N7O3/c1-16(2)19(20(29)22-17(3)8-7-11-27(6)24-30)23-18(28)9-12-25(4)14-15-26(5)13-10-21/h16-17,19H,7-15,21H2,1-6H3,(H,22,29)(H,23,28)/p+1. The summed E-state index contributed by atoms with van der Waals surface area (Å²) in [6, 6.07) is -0.598. The molecular weight excluding hydrogens is 386 g/mol. The summed E-state index contributed by atoms with van der Waals surface area (Å²) in [4.78, 5) is 39.8. The zero-order valence-corrected chi connectivity index (χ0v) is 19.7. The molecule has 0 spiro atoms.